The quantitative estimate of drug-likeness (QED) is 0.550. The van der Waals surface area contributed by atoms with E-state index in [-0.39, 0.29) is 11.1 Å². The van der Waals surface area contributed by atoms with Gasteiger partial charge in [-0.3, -0.25) is 4.79 Å². The number of nitrogen functional groups attached to an aromatic ring is 1. The van der Waals surface area contributed by atoms with Gasteiger partial charge in [-0.15, -0.1) is 10.2 Å². The van der Waals surface area contributed by atoms with Gasteiger partial charge in [-0.05, 0) is 31.9 Å². The Labute approximate surface area is 195 Å². The summed E-state index contributed by atoms with van der Waals surface area (Å²) < 4.78 is 24.3. The second kappa shape index (κ2) is 7.73. The molecule has 0 aliphatic carbocycles. The standard InChI is InChI=1S/C21H23N7O3S2/c1-13-3-5-15(6-4-13)28-12-14-11-23-19(33(2,30)31)24-16(14)21(17(28)29)7-9-27(10-8-21)20-26-25-18(22)32-20/h3-6,11H,7-10,12H2,1-2H3,(H2,22,25). The number of anilines is 3. The van der Waals surface area contributed by atoms with E-state index < -0.39 is 15.3 Å². The molecule has 0 radical (unpaired) electrons. The fourth-order valence-electron chi connectivity index (χ4n) is 4.52. The van der Waals surface area contributed by atoms with E-state index in [0.717, 1.165) is 23.1 Å². The Morgan fingerprint density at radius 1 is 1.12 bits per heavy atom. The maximum atomic E-state index is 14.0. The second-order valence-corrected chi connectivity index (χ2v) is 11.4. The fourth-order valence-corrected chi connectivity index (χ4v) is 5.68. The number of aromatic nitrogens is 4. The molecule has 0 bridgehead atoms. The van der Waals surface area contributed by atoms with Crippen LogP contribution in [0.5, 0.6) is 0 Å². The van der Waals surface area contributed by atoms with Crippen molar-refractivity contribution in [1.82, 2.24) is 20.2 Å². The lowest BCUT2D eigenvalue weighted by Gasteiger charge is -2.46. The lowest BCUT2D eigenvalue weighted by Crippen LogP contribution is -2.56. The zero-order valence-electron chi connectivity index (χ0n) is 18.2. The maximum Gasteiger partial charge on any atom is 0.247 e. The van der Waals surface area contributed by atoms with Crippen molar-refractivity contribution >= 4 is 43.0 Å². The summed E-state index contributed by atoms with van der Waals surface area (Å²) in [7, 11) is -3.62. The van der Waals surface area contributed by atoms with Crippen LogP contribution in [0, 0.1) is 6.92 Å². The highest BCUT2D eigenvalue weighted by molar-refractivity contribution is 7.90. The van der Waals surface area contributed by atoms with Crippen molar-refractivity contribution in [3.8, 4) is 0 Å². The summed E-state index contributed by atoms with van der Waals surface area (Å²) in [5, 5.41) is 8.85. The zero-order valence-corrected chi connectivity index (χ0v) is 19.9. The van der Waals surface area contributed by atoms with Gasteiger partial charge in [0.1, 0.15) is 0 Å². The summed E-state index contributed by atoms with van der Waals surface area (Å²) in [6.07, 6.45) is 3.54. The van der Waals surface area contributed by atoms with Crippen LogP contribution in [0.4, 0.5) is 16.0 Å². The molecule has 1 saturated heterocycles. The minimum Gasteiger partial charge on any atom is -0.374 e. The van der Waals surface area contributed by atoms with E-state index in [1.165, 1.54) is 11.3 Å². The summed E-state index contributed by atoms with van der Waals surface area (Å²) in [5.74, 6) is -0.0755. The molecule has 1 fully saturated rings. The van der Waals surface area contributed by atoms with Crippen molar-refractivity contribution in [1.29, 1.82) is 0 Å². The summed E-state index contributed by atoms with van der Waals surface area (Å²) >= 11 is 1.30. The van der Waals surface area contributed by atoms with E-state index in [1.807, 2.05) is 31.2 Å². The molecule has 0 saturated carbocycles. The molecule has 1 aromatic carbocycles. The predicted octanol–water partition coefficient (Wildman–Crippen LogP) is 1.71. The Hall–Kier alpha value is -3.12. The van der Waals surface area contributed by atoms with Gasteiger partial charge in [-0.1, -0.05) is 29.0 Å². The van der Waals surface area contributed by atoms with Crippen LogP contribution in [0.1, 0.15) is 29.7 Å². The van der Waals surface area contributed by atoms with Gasteiger partial charge in [-0.25, -0.2) is 18.4 Å². The van der Waals surface area contributed by atoms with Crippen molar-refractivity contribution in [3.63, 3.8) is 0 Å². The average molecular weight is 486 g/mol. The van der Waals surface area contributed by atoms with Gasteiger partial charge in [0.05, 0.1) is 17.7 Å². The normalized spacial score (nSPS) is 17.9. The van der Waals surface area contributed by atoms with Crippen LogP contribution in [-0.4, -0.2) is 53.8 Å². The Bertz CT molecular complexity index is 1330. The molecule has 2 aromatic heterocycles. The van der Waals surface area contributed by atoms with E-state index >= 15 is 0 Å². The van der Waals surface area contributed by atoms with Crippen molar-refractivity contribution in [2.75, 3.05) is 34.9 Å². The van der Waals surface area contributed by atoms with Crippen molar-refractivity contribution in [2.24, 2.45) is 0 Å². The van der Waals surface area contributed by atoms with Gasteiger partial charge in [0.15, 0.2) is 0 Å². The highest BCUT2D eigenvalue weighted by Crippen LogP contribution is 2.44. The van der Waals surface area contributed by atoms with E-state index in [9.17, 15) is 13.2 Å². The number of hydrogen-bond donors (Lipinski definition) is 1. The van der Waals surface area contributed by atoms with Crippen LogP contribution in [0.15, 0.2) is 35.6 Å². The van der Waals surface area contributed by atoms with Gasteiger partial charge in [0.25, 0.3) is 0 Å². The van der Waals surface area contributed by atoms with Crippen LogP contribution in [0.25, 0.3) is 0 Å². The van der Waals surface area contributed by atoms with Crippen molar-refractivity contribution < 1.29 is 13.2 Å². The Balaban J connectivity index is 1.58. The van der Waals surface area contributed by atoms with Crippen LogP contribution in [0.2, 0.25) is 0 Å². The number of carbonyl (C=O) groups is 1. The number of benzene rings is 1. The van der Waals surface area contributed by atoms with Gasteiger partial charge in [0, 0.05) is 36.8 Å². The molecule has 3 aromatic rings. The SMILES string of the molecule is Cc1ccc(N2Cc3cnc(S(C)(=O)=O)nc3C3(CCN(c4nnc(N)s4)CC3)C2=O)cc1. The number of piperidine rings is 1. The minimum atomic E-state index is -3.62. The second-order valence-electron chi connectivity index (χ2n) is 8.52. The third kappa shape index (κ3) is 3.72. The number of nitrogens with two attached hydrogens (primary N) is 1. The van der Waals surface area contributed by atoms with Crippen molar-refractivity contribution in [3.05, 3.63) is 47.3 Å². The number of fused-ring (bicyclic) bond motifs is 2. The van der Waals surface area contributed by atoms with Gasteiger partial charge in [0.2, 0.25) is 31.2 Å². The van der Waals surface area contributed by atoms with Gasteiger partial charge < -0.3 is 15.5 Å². The van der Waals surface area contributed by atoms with E-state index in [2.05, 4.69) is 25.1 Å². The van der Waals surface area contributed by atoms with Crippen LogP contribution in [0.3, 0.4) is 0 Å². The van der Waals surface area contributed by atoms with E-state index in [4.69, 9.17) is 5.73 Å². The predicted molar refractivity (Wildman–Crippen MR) is 125 cm³/mol. The highest BCUT2D eigenvalue weighted by Gasteiger charge is 2.51. The average Bonchev–Trinajstić information content (AvgIpc) is 3.23. The lowest BCUT2D eigenvalue weighted by molar-refractivity contribution is -0.126. The first-order valence-electron chi connectivity index (χ1n) is 10.5. The Kier molecular flexibility index (Phi) is 5.09. The summed E-state index contributed by atoms with van der Waals surface area (Å²) in [4.78, 5) is 26.4. The summed E-state index contributed by atoms with van der Waals surface area (Å²) in [5.41, 5.74) is 7.96. The highest BCUT2D eigenvalue weighted by atomic mass is 32.2. The number of nitrogens with zero attached hydrogens (tertiary/aromatic N) is 6. The largest absolute Gasteiger partial charge is 0.374 e. The first kappa shape index (κ1) is 21.7. The molecule has 2 aliphatic heterocycles. The summed E-state index contributed by atoms with van der Waals surface area (Å²) in [6, 6.07) is 7.79. The molecular formula is C21H23N7O3S2. The first-order valence-corrected chi connectivity index (χ1v) is 13.2. The first-order chi connectivity index (χ1) is 15.7. The van der Waals surface area contributed by atoms with E-state index in [1.54, 1.807) is 11.1 Å². The lowest BCUT2D eigenvalue weighted by atomic mass is 9.71. The molecule has 2 aliphatic rings. The third-order valence-corrected chi connectivity index (χ3v) is 7.95. The number of rotatable bonds is 3. The van der Waals surface area contributed by atoms with Crippen LogP contribution >= 0.6 is 11.3 Å². The Morgan fingerprint density at radius 3 is 2.42 bits per heavy atom. The molecule has 10 nitrogen and oxygen atoms in total. The molecule has 172 valence electrons. The maximum absolute atomic E-state index is 14.0. The smallest absolute Gasteiger partial charge is 0.247 e. The molecule has 0 atom stereocenters. The Morgan fingerprint density at radius 2 is 1.82 bits per heavy atom. The van der Waals surface area contributed by atoms with Crippen LogP contribution < -0.4 is 15.5 Å². The summed E-state index contributed by atoms with van der Waals surface area (Å²) in [6.45, 7) is 3.37. The number of amides is 1. The van der Waals surface area contributed by atoms with E-state index in [0.29, 0.717) is 48.4 Å². The number of sulfone groups is 1. The molecule has 1 spiro atoms. The monoisotopic (exact) mass is 485 g/mol. The number of hydrogen-bond acceptors (Lipinski definition) is 10. The minimum absolute atomic E-state index is 0.0755. The fraction of sp³-hybridized carbons (Fsp3) is 0.381. The molecule has 0 unspecified atom stereocenters. The van der Waals surface area contributed by atoms with Gasteiger partial charge in [-0.2, -0.15) is 0 Å². The molecule has 4 heterocycles. The molecule has 33 heavy (non-hydrogen) atoms. The molecule has 12 heteroatoms. The van der Waals surface area contributed by atoms with Crippen LogP contribution in [-0.2, 0) is 26.6 Å². The molecular weight excluding hydrogens is 462 g/mol. The number of carbonyl (C=O) groups excluding carboxylic acids is 1. The molecule has 2 N–H and O–H groups in total. The molecule has 1 amide bonds. The van der Waals surface area contributed by atoms with Gasteiger partial charge >= 0.3 is 0 Å². The number of aryl methyl sites for hydroxylation is 1. The topological polar surface area (TPSA) is 135 Å². The molecule has 5 rings (SSSR count). The van der Waals surface area contributed by atoms with Crippen molar-refractivity contribution in [2.45, 2.75) is 36.9 Å². The third-order valence-electron chi connectivity index (χ3n) is 6.27. The zero-order chi connectivity index (χ0) is 23.4.